The van der Waals surface area contributed by atoms with E-state index >= 15 is 0 Å². The molecule has 0 atom stereocenters. The van der Waals surface area contributed by atoms with Crippen LogP contribution in [-0.4, -0.2) is 13.4 Å². The quantitative estimate of drug-likeness (QED) is 0.111. The molecular weight excluding hydrogens is 1400 g/mol. The maximum Gasteiger partial charge on any atom is 0.252 e. The Morgan fingerprint density at radius 1 is 0.190 bits per heavy atom. The van der Waals surface area contributed by atoms with Crippen molar-refractivity contribution < 1.29 is 0 Å². The Labute approximate surface area is 678 Å². The van der Waals surface area contributed by atoms with Crippen molar-refractivity contribution in [3.63, 3.8) is 0 Å². The third-order valence-electron chi connectivity index (χ3n) is 25.6. The highest BCUT2D eigenvalue weighted by Gasteiger charge is 2.50. The maximum atomic E-state index is 2.72. The third kappa shape index (κ3) is 10.2. The van der Waals surface area contributed by atoms with Crippen LogP contribution in [0.5, 0.6) is 0 Å². The average Bonchev–Trinajstić information content (AvgIpc) is 0.676. The zero-order valence-corrected chi connectivity index (χ0v) is 65.7. The number of anilines is 12. The van der Waals surface area contributed by atoms with Gasteiger partial charge in [0, 0.05) is 79.1 Å². The van der Waals surface area contributed by atoms with Gasteiger partial charge in [-0.25, -0.2) is 0 Å². The second-order valence-electron chi connectivity index (χ2n) is 34.2. The van der Waals surface area contributed by atoms with Crippen LogP contribution in [0.1, 0.15) is 52.7 Å². The number of benzene rings is 19. The van der Waals surface area contributed by atoms with Crippen molar-refractivity contribution in [2.75, 3.05) is 19.6 Å². The van der Waals surface area contributed by atoms with Crippen molar-refractivity contribution in [1.29, 1.82) is 0 Å². The summed E-state index contributed by atoms with van der Waals surface area (Å²) in [5.41, 5.74) is 32.5. The monoisotopic (exact) mass is 1480 g/mol. The summed E-state index contributed by atoms with van der Waals surface area (Å²) >= 11 is 0. The summed E-state index contributed by atoms with van der Waals surface area (Å²) in [5, 5.41) is 14.9. The lowest BCUT2D eigenvalue weighted by molar-refractivity contribution is 0.590. The molecule has 0 spiro atoms. The van der Waals surface area contributed by atoms with Crippen LogP contribution in [-0.2, 0) is 10.8 Å². The largest absolute Gasteiger partial charge is 0.311 e. The summed E-state index contributed by atoms with van der Waals surface area (Å²) in [6.45, 7) is 13.9. The number of nitrogens with zero attached hydrogens (tertiary/aromatic N) is 4. The van der Waals surface area contributed by atoms with Crippen LogP contribution in [0.2, 0.25) is 0 Å². The predicted molar refractivity (Wildman–Crippen MR) is 499 cm³/mol. The Morgan fingerprint density at radius 3 is 0.767 bits per heavy atom. The summed E-state index contributed by atoms with van der Waals surface area (Å²) in [4.78, 5) is 10.8. The zero-order chi connectivity index (χ0) is 77.4. The van der Waals surface area contributed by atoms with E-state index in [4.69, 9.17) is 0 Å². The molecule has 4 nitrogen and oxygen atoms in total. The number of fused-ring (bicyclic) bond motifs is 20. The lowest BCUT2D eigenvalue weighted by Crippen LogP contribution is -2.65. The fraction of sp³-hybridized carbons (Fsp3) is 0.0727. The summed E-state index contributed by atoms with van der Waals surface area (Å²) in [6, 6.07) is 144. The minimum absolute atomic E-state index is 0.244. The van der Waals surface area contributed by atoms with E-state index in [2.05, 4.69) is 437 Å². The average molecular weight is 1480 g/mol. The van der Waals surface area contributed by atoms with Gasteiger partial charge in [-0.2, -0.15) is 0 Å². The van der Waals surface area contributed by atoms with Gasteiger partial charge in [0.1, 0.15) is 0 Å². The van der Waals surface area contributed by atoms with Crippen LogP contribution < -0.4 is 52.4 Å². The van der Waals surface area contributed by atoms with E-state index in [0.29, 0.717) is 0 Å². The topological polar surface area (TPSA) is 13.0 Å². The van der Waals surface area contributed by atoms with Gasteiger partial charge in [-0.15, -0.1) is 0 Å². The van der Waals surface area contributed by atoms with Gasteiger partial charge in [0.25, 0.3) is 13.4 Å². The summed E-state index contributed by atoms with van der Waals surface area (Å²) in [6.07, 6.45) is 0. The van der Waals surface area contributed by atoms with Gasteiger partial charge in [0.15, 0.2) is 0 Å². The fourth-order valence-electron chi connectivity index (χ4n) is 20.3. The van der Waals surface area contributed by atoms with Gasteiger partial charge < -0.3 is 19.6 Å². The van der Waals surface area contributed by atoms with E-state index in [-0.39, 0.29) is 24.3 Å². The summed E-state index contributed by atoms with van der Waals surface area (Å²) in [5.74, 6) is 0. The van der Waals surface area contributed by atoms with Gasteiger partial charge in [-0.05, 0) is 208 Å². The molecule has 0 unspecified atom stereocenters. The van der Waals surface area contributed by atoms with E-state index in [9.17, 15) is 0 Å². The smallest absolute Gasteiger partial charge is 0.252 e. The lowest BCUT2D eigenvalue weighted by Gasteiger charge is -2.48. The molecule has 0 fully saturated rings. The van der Waals surface area contributed by atoms with E-state index in [0.717, 1.165) is 90.0 Å². The molecule has 19 aromatic rings. The molecule has 0 aromatic heterocycles. The van der Waals surface area contributed by atoms with Crippen molar-refractivity contribution in [3.05, 3.63) is 387 Å². The number of para-hydroxylation sites is 4. The standard InChI is InChI=1S/C110H80B2N4/c1-109(2,3)73-61-101-105-103(63-73)115(107-77(69-33-11-7-12-34-69)49-31-50-78(107)70-35-13-8-14-36-70)97-55-29-27-53-93(97)111(105)95-67-96-100(68-99(95)113(101)75-57-59-89-85-45-21-19-41-81(85)83-43-23-25-47-87(83)91(89)65-75)114(76-58-60-90-86-46-22-20-42-82(86)84-44-24-26-48-88(84)92(90)66-76)102-62-74(110(4,5)6)64-104-106(102)112(96)94-54-28-30-56-98(94)116(104)108-79(71-37-15-9-16-38-71)51-32-52-80(108)72-39-17-10-18-40-72/h7-68H,1-6H3. The van der Waals surface area contributed by atoms with Crippen LogP contribution >= 0.6 is 0 Å². The van der Waals surface area contributed by atoms with Gasteiger partial charge >= 0.3 is 0 Å². The Balaban J connectivity index is 0.878. The predicted octanol–water partition coefficient (Wildman–Crippen LogP) is 26.0. The van der Waals surface area contributed by atoms with Crippen molar-refractivity contribution in [2.24, 2.45) is 0 Å². The van der Waals surface area contributed by atoms with Crippen LogP contribution in [0.4, 0.5) is 68.2 Å². The molecule has 0 aliphatic carbocycles. The first-order valence-electron chi connectivity index (χ1n) is 41.0. The summed E-state index contributed by atoms with van der Waals surface area (Å²) in [7, 11) is 0. The molecule has 0 bridgehead atoms. The highest BCUT2D eigenvalue weighted by atomic mass is 15.2. The van der Waals surface area contributed by atoms with Crippen LogP contribution in [0, 0.1) is 0 Å². The molecule has 4 aliphatic rings. The molecule has 546 valence electrons. The zero-order valence-electron chi connectivity index (χ0n) is 65.7. The van der Waals surface area contributed by atoms with Gasteiger partial charge in [0.2, 0.25) is 0 Å². The number of hydrogen-bond donors (Lipinski definition) is 0. The van der Waals surface area contributed by atoms with Crippen LogP contribution in [0.15, 0.2) is 376 Å². The first-order chi connectivity index (χ1) is 56.9. The molecule has 0 radical (unpaired) electrons. The fourth-order valence-corrected chi connectivity index (χ4v) is 20.3. The molecule has 4 aliphatic heterocycles. The molecule has 116 heavy (non-hydrogen) atoms. The van der Waals surface area contributed by atoms with E-state index in [1.807, 2.05) is 0 Å². The molecule has 4 heterocycles. The maximum absolute atomic E-state index is 2.72. The first kappa shape index (κ1) is 67.7. The number of hydrogen-bond acceptors (Lipinski definition) is 4. The van der Waals surface area contributed by atoms with Crippen LogP contribution in [0.3, 0.4) is 0 Å². The number of rotatable bonds is 8. The highest BCUT2D eigenvalue weighted by Crippen LogP contribution is 2.56. The van der Waals surface area contributed by atoms with Gasteiger partial charge in [-0.3, -0.25) is 0 Å². The van der Waals surface area contributed by atoms with Crippen molar-refractivity contribution in [2.45, 2.75) is 52.4 Å². The molecule has 0 saturated carbocycles. The molecular formula is C110H80B2N4. The van der Waals surface area contributed by atoms with E-state index in [1.54, 1.807) is 0 Å². The third-order valence-corrected chi connectivity index (χ3v) is 25.6. The first-order valence-corrected chi connectivity index (χ1v) is 41.0. The van der Waals surface area contributed by atoms with Crippen molar-refractivity contribution in [3.8, 4) is 44.5 Å². The Kier molecular flexibility index (Phi) is 15.1. The SMILES string of the molecule is CC(C)(C)c1cc2c3c(c1)N(c1c(-c4ccccc4)cccc1-c1ccccc1)c1ccccc1B3c1cc3c(cc1N2c1ccc2c4ccccc4c4ccccc4c2c1)N(c1ccc2c4ccccc4c4ccccc4c2c1)c1cc(C(C)(C)C)cc2c1B3c1ccccc1N2c1c(-c2ccccc2)cccc1-c1ccccc1. The molecule has 19 aromatic carbocycles. The van der Waals surface area contributed by atoms with Crippen LogP contribution in [0.25, 0.3) is 109 Å². The molecule has 23 rings (SSSR count). The van der Waals surface area contributed by atoms with Gasteiger partial charge in [0.05, 0.1) is 11.4 Å². The Hall–Kier alpha value is -13.9. The van der Waals surface area contributed by atoms with Crippen molar-refractivity contribution >= 4 is 179 Å². The van der Waals surface area contributed by atoms with E-state index in [1.165, 1.54) is 131 Å². The minimum Gasteiger partial charge on any atom is -0.311 e. The molecule has 0 N–H and O–H groups in total. The van der Waals surface area contributed by atoms with Gasteiger partial charge in [-0.1, -0.05) is 351 Å². The Bertz CT molecular complexity index is 6710. The summed E-state index contributed by atoms with van der Waals surface area (Å²) < 4.78 is 0. The normalized spacial score (nSPS) is 13.3. The Morgan fingerprint density at radius 2 is 0.457 bits per heavy atom. The highest BCUT2D eigenvalue weighted by molar-refractivity contribution is 7.03. The lowest BCUT2D eigenvalue weighted by atomic mass is 9.30. The molecule has 6 heteroatoms. The van der Waals surface area contributed by atoms with E-state index < -0.39 is 0 Å². The molecule has 0 amide bonds. The second-order valence-corrected chi connectivity index (χ2v) is 34.2. The minimum atomic E-state index is -0.300. The molecule has 0 saturated heterocycles. The second kappa shape index (κ2) is 25.8. The van der Waals surface area contributed by atoms with Crippen molar-refractivity contribution in [1.82, 2.24) is 0 Å².